The van der Waals surface area contributed by atoms with Crippen LogP contribution in [0.2, 0.25) is 0 Å². The lowest BCUT2D eigenvalue weighted by Crippen LogP contribution is -2.29. The number of furan rings is 1. The second-order valence-corrected chi connectivity index (χ2v) is 7.01. The van der Waals surface area contributed by atoms with Gasteiger partial charge in [0.2, 0.25) is 0 Å². The molecule has 2 rings (SSSR count). The van der Waals surface area contributed by atoms with E-state index in [1.54, 1.807) is 0 Å². The zero-order chi connectivity index (χ0) is 15.5. The summed E-state index contributed by atoms with van der Waals surface area (Å²) in [5, 5.41) is 4.62. The standard InChI is InChI=1S/C18H28N2O/c1-6-19-11-17-15(12-20(5)13-18(2,3)4)14-9-7-8-10-16(14)21-17/h7-10,19H,6,11-13H2,1-5H3. The van der Waals surface area contributed by atoms with Crippen LogP contribution in [-0.4, -0.2) is 25.0 Å². The lowest BCUT2D eigenvalue weighted by Gasteiger charge is -2.26. The van der Waals surface area contributed by atoms with Crippen molar-refractivity contribution in [3.05, 3.63) is 35.6 Å². The van der Waals surface area contributed by atoms with Gasteiger partial charge in [-0.1, -0.05) is 45.9 Å². The van der Waals surface area contributed by atoms with E-state index in [4.69, 9.17) is 4.42 Å². The van der Waals surface area contributed by atoms with E-state index in [1.165, 1.54) is 10.9 Å². The number of hydrogen-bond acceptors (Lipinski definition) is 3. The minimum Gasteiger partial charge on any atom is -0.459 e. The van der Waals surface area contributed by atoms with E-state index in [0.717, 1.165) is 37.5 Å². The van der Waals surface area contributed by atoms with E-state index in [-0.39, 0.29) is 0 Å². The minimum atomic E-state index is 0.302. The number of hydrogen-bond donors (Lipinski definition) is 1. The van der Waals surface area contributed by atoms with Gasteiger partial charge in [0.1, 0.15) is 11.3 Å². The van der Waals surface area contributed by atoms with Gasteiger partial charge < -0.3 is 14.6 Å². The normalized spacial score (nSPS) is 12.5. The topological polar surface area (TPSA) is 28.4 Å². The van der Waals surface area contributed by atoms with Crippen LogP contribution >= 0.6 is 0 Å². The maximum absolute atomic E-state index is 6.04. The molecule has 0 amide bonds. The van der Waals surface area contributed by atoms with Gasteiger partial charge in [-0.2, -0.15) is 0 Å². The number of para-hydroxylation sites is 1. The Morgan fingerprint density at radius 3 is 2.57 bits per heavy atom. The highest BCUT2D eigenvalue weighted by Crippen LogP contribution is 2.27. The summed E-state index contributed by atoms with van der Waals surface area (Å²) < 4.78 is 6.04. The van der Waals surface area contributed by atoms with Crippen LogP contribution in [0.3, 0.4) is 0 Å². The molecule has 116 valence electrons. The molecule has 0 spiro atoms. The van der Waals surface area contributed by atoms with Crippen LogP contribution in [0.5, 0.6) is 0 Å². The monoisotopic (exact) mass is 288 g/mol. The Morgan fingerprint density at radius 1 is 1.19 bits per heavy atom. The first-order valence-electron chi connectivity index (χ1n) is 7.79. The highest BCUT2D eigenvalue weighted by Gasteiger charge is 2.18. The zero-order valence-corrected chi connectivity index (χ0v) is 14.0. The zero-order valence-electron chi connectivity index (χ0n) is 14.0. The molecule has 0 aliphatic rings. The van der Waals surface area contributed by atoms with Gasteiger partial charge >= 0.3 is 0 Å². The first kappa shape index (κ1) is 16.1. The van der Waals surface area contributed by atoms with Crippen molar-refractivity contribution in [3.8, 4) is 0 Å². The summed E-state index contributed by atoms with van der Waals surface area (Å²) in [6.45, 7) is 12.7. The fraction of sp³-hybridized carbons (Fsp3) is 0.556. The minimum absolute atomic E-state index is 0.302. The molecule has 0 atom stereocenters. The van der Waals surface area contributed by atoms with E-state index < -0.39 is 0 Å². The molecule has 0 fully saturated rings. The summed E-state index contributed by atoms with van der Waals surface area (Å²) in [6.07, 6.45) is 0. The third kappa shape index (κ3) is 4.32. The summed E-state index contributed by atoms with van der Waals surface area (Å²) >= 11 is 0. The molecular weight excluding hydrogens is 260 g/mol. The first-order valence-corrected chi connectivity index (χ1v) is 7.79. The van der Waals surface area contributed by atoms with Gasteiger partial charge in [0.25, 0.3) is 0 Å². The molecule has 0 saturated carbocycles. The third-order valence-electron chi connectivity index (χ3n) is 3.49. The summed E-state index contributed by atoms with van der Waals surface area (Å²) in [6, 6.07) is 8.33. The summed E-state index contributed by atoms with van der Waals surface area (Å²) in [5.74, 6) is 1.07. The lowest BCUT2D eigenvalue weighted by atomic mass is 9.96. The van der Waals surface area contributed by atoms with E-state index in [1.807, 2.05) is 6.07 Å². The molecule has 1 heterocycles. The third-order valence-corrected chi connectivity index (χ3v) is 3.49. The molecule has 0 aliphatic carbocycles. The van der Waals surface area contributed by atoms with Crippen LogP contribution in [0.15, 0.2) is 28.7 Å². The van der Waals surface area contributed by atoms with Crippen LogP contribution in [0.25, 0.3) is 11.0 Å². The van der Waals surface area contributed by atoms with Crippen molar-refractivity contribution in [2.75, 3.05) is 20.1 Å². The molecule has 21 heavy (non-hydrogen) atoms. The molecule has 0 unspecified atom stereocenters. The predicted octanol–water partition coefficient (Wildman–Crippen LogP) is 4.02. The number of nitrogens with one attached hydrogen (secondary N) is 1. The molecule has 1 aromatic heterocycles. The number of rotatable bonds is 6. The predicted molar refractivity (Wildman–Crippen MR) is 89.4 cm³/mol. The maximum Gasteiger partial charge on any atom is 0.134 e. The fourth-order valence-corrected chi connectivity index (χ4v) is 2.84. The Bertz CT molecular complexity index is 580. The van der Waals surface area contributed by atoms with Gasteiger partial charge in [-0.25, -0.2) is 0 Å². The van der Waals surface area contributed by atoms with Crippen molar-refractivity contribution in [2.24, 2.45) is 5.41 Å². The molecular formula is C18H28N2O. The summed E-state index contributed by atoms with van der Waals surface area (Å²) in [4.78, 5) is 2.38. The largest absolute Gasteiger partial charge is 0.459 e. The van der Waals surface area contributed by atoms with Crippen LogP contribution < -0.4 is 5.32 Å². The Balaban J connectivity index is 2.27. The second-order valence-electron chi connectivity index (χ2n) is 7.01. The summed E-state index contributed by atoms with van der Waals surface area (Å²) in [5.41, 5.74) is 2.61. The molecule has 3 heteroatoms. The van der Waals surface area contributed by atoms with Crippen LogP contribution in [-0.2, 0) is 13.1 Å². The van der Waals surface area contributed by atoms with Gasteiger partial charge in [-0.05, 0) is 25.1 Å². The molecule has 0 aliphatic heterocycles. The van der Waals surface area contributed by atoms with E-state index in [2.05, 4.69) is 63.2 Å². The Kier molecular flexibility index (Phi) is 5.07. The Hall–Kier alpha value is -1.32. The fourth-order valence-electron chi connectivity index (χ4n) is 2.84. The van der Waals surface area contributed by atoms with Crippen molar-refractivity contribution < 1.29 is 4.42 Å². The summed E-state index contributed by atoms with van der Waals surface area (Å²) in [7, 11) is 2.18. The van der Waals surface area contributed by atoms with Crippen LogP contribution in [0, 0.1) is 5.41 Å². The van der Waals surface area contributed by atoms with Gasteiger partial charge in [-0.15, -0.1) is 0 Å². The van der Waals surface area contributed by atoms with Crippen molar-refractivity contribution in [1.82, 2.24) is 10.2 Å². The number of fused-ring (bicyclic) bond motifs is 1. The molecule has 3 nitrogen and oxygen atoms in total. The van der Waals surface area contributed by atoms with Crippen molar-refractivity contribution in [3.63, 3.8) is 0 Å². The van der Waals surface area contributed by atoms with Crippen molar-refractivity contribution >= 4 is 11.0 Å². The number of benzene rings is 1. The van der Waals surface area contributed by atoms with E-state index >= 15 is 0 Å². The smallest absolute Gasteiger partial charge is 0.134 e. The average molecular weight is 288 g/mol. The SMILES string of the molecule is CCNCc1oc2ccccc2c1CN(C)CC(C)(C)C. The van der Waals surface area contributed by atoms with Gasteiger partial charge in [0, 0.05) is 24.0 Å². The van der Waals surface area contributed by atoms with Crippen LogP contribution in [0.1, 0.15) is 39.0 Å². The van der Waals surface area contributed by atoms with Gasteiger partial charge in [-0.3, -0.25) is 0 Å². The molecule has 1 aromatic carbocycles. The number of nitrogens with zero attached hydrogens (tertiary/aromatic N) is 1. The van der Waals surface area contributed by atoms with Gasteiger partial charge in [0.05, 0.1) is 6.54 Å². The maximum atomic E-state index is 6.04. The molecule has 1 N–H and O–H groups in total. The molecule has 0 saturated heterocycles. The Morgan fingerprint density at radius 2 is 1.90 bits per heavy atom. The lowest BCUT2D eigenvalue weighted by molar-refractivity contribution is 0.220. The second kappa shape index (κ2) is 6.63. The van der Waals surface area contributed by atoms with E-state index in [0.29, 0.717) is 5.41 Å². The molecule has 2 aromatic rings. The highest BCUT2D eigenvalue weighted by atomic mass is 16.3. The Labute approximate surface area is 128 Å². The average Bonchev–Trinajstić information content (AvgIpc) is 2.72. The van der Waals surface area contributed by atoms with Crippen molar-refractivity contribution in [2.45, 2.75) is 40.8 Å². The van der Waals surface area contributed by atoms with Crippen LogP contribution in [0.4, 0.5) is 0 Å². The first-order chi connectivity index (χ1) is 9.90. The van der Waals surface area contributed by atoms with Gasteiger partial charge in [0.15, 0.2) is 0 Å². The van der Waals surface area contributed by atoms with E-state index in [9.17, 15) is 0 Å². The molecule has 0 bridgehead atoms. The highest BCUT2D eigenvalue weighted by molar-refractivity contribution is 5.82. The van der Waals surface area contributed by atoms with Crippen molar-refractivity contribution in [1.29, 1.82) is 0 Å². The molecule has 0 radical (unpaired) electrons. The quantitative estimate of drug-likeness (QED) is 0.870.